The Morgan fingerprint density at radius 2 is 1.33 bits per heavy atom. The van der Waals surface area contributed by atoms with E-state index in [-0.39, 0.29) is 11.9 Å². The summed E-state index contributed by atoms with van der Waals surface area (Å²) in [6.45, 7) is 8.80. The molecule has 6 heteroatoms. The number of ether oxygens (including phenoxy) is 2. The fourth-order valence-electron chi connectivity index (χ4n) is 0.563. The van der Waals surface area contributed by atoms with Crippen LogP contribution in [0.1, 0.15) is 47.5 Å². The van der Waals surface area contributed by atoms with Crippen LogP contribution in [0, 0.1) is 0 Å². The standard InChI is InChI=1S/C6H12O2.C4H8O2.C2H4O2/c1-3-4-5-8-6(2)7;1-3-6-4(2)5;1-2(3)4/h3-5H2,1-2H3;3H2,1-2H3;1H3,(H,3,4). The third-order valence-corrected chi connectivity index (χ3v) is 1.15. The molecule has 0 radical (unpaired) electrons. The molecule has 0 amide bonds. The topological polar surface area (TPSA) is 89.9 Å². The average molecular weight is 264 g/mol. The summed E-state index contributed by atoms with van der Waals surface area (Å²) < 4.78 is 9.05. The minimum absolute atomic E-state index is 0.182. The molecule has 0 aromatic rings. The normalized spacial score (nSPS) is 7.83. The van der Waals surface area contributed by atoms with Crippen LogP contribution in [-0.4, -0.2) is 36.2 Å². The summed E-state index contributed by atoms with van der Waals surface area (Å²) in [6, 6.07) is 0. The average Bonchev–Trinajstić information content (AvgIpc) is 2.17. The van der Waals surface area contributed by atoms with Gasteiger partial charge in [0.2, 0.25) is 0 Å². The summed E-state index contributed by atoms with van der Waals surface area (Å²) in [5.41, 5.74) is 0. The molecule has 1 N–H and O–H groups in total. The van der Waals surface area contributed by atoms with E-state index in [1.807, 2.05) is 0 Å². The highest BCUT2D eigenvalue weighted by Crippen LogP contribution is 1.86. The quantitative estimate of drug-likeness (QED) is 0.617. The smallest absolute Gasteiger partial charge is 0.302 e. The van der Waals surface area contributed by atoms with E-state index in [9.17, 15) is 9.59 Å². The van der Waals surface area contributed by atoms with Crippen molar-refractivity contribution in [2.24, 2.45) is 0 Å². The Morgan fingerprint density at radius 3 is 1.50 bits per heavy atom. The predicted molar refractivity (Wildman–Crippen MR) is 67.2 cm³/mol. The summed E-state index contributed by atoms with van der Waals surface area (Å²) in [4.78, 5) is 28.9. The number of hydrogen-bond donors (Lipinski definition) is 1. The van der Waals surface area contributed by atoms with Crippen molar-refractivity contribution in [2.75, 3.05) is 13.2 Å². The van der Waals surface area contributed by atoms with Crippen LogP contribution in [0.2, 0.25) is 0 Å². The number of carboxylic acids is 1. The summed E-state index contributed by atoms with van der Waals surface area (Å²) in [5, 5.41) is 7.42. The molecule has 0 fully saturated rings. The number of carboxylic acid groups (broad SMARTS) is 1. The second-order valence-electron chi connectivity index (χ2n) is 3.14. The van der Waals surface area contributed by atoms with Gasteiger partial charge >= 0.3 is 11.9 Å². The molecule has 0 aliphatic rings. The van der Waals surface area contributed by atoms with Crippen molar-refractivity contribution >= 4 is 17.9 Å². The number of esters is 2. The van der Waals surface area contributed by atoms with Crippen molar-refractivity contribution in [1.82, 2.24) is 0 Å². The molecule has 0 heterocycles. The molecule has 0 aliphatic heterocycles. The number of unbranched alkanes of at least 4 members (excludes halogenated alkanes) is 1. The third kappa shape index (κ3) is 63.1. The molecule has 18 heavy (non-hydrogen) atoms. The largest absolute Gasteiger partial charge is 0.481 e. The zero-order chi connectivity index (χ0) is 15.0. The number of hydrogen-bond acceptors (Lipinski definition) is 5. The lowest BCUT2D eigenvalue weighted by Crippen LogP contribution is -1.99. The molecule has 0 aromatic heterocycles. The van der Waals surface area contributed by atoms with Crippen LogP contribution < -0.4 is 0 Å². The fraction of sp³-hybridized carbons (Fsp3) is 0.750. The summed E-state index contributed by atoms with van der Waals surface area (Å²) in [5.74, 6) is -1.23. The zero-order valence-corrected chi connectivity index (χ0v) is 11.8. The number of aliphatic carboxylic acids is 1. The van der Waals surface area contributed by atoms with Crippen LogP contribution in [0.5, 0.6) is 0 Å². The second-order valence-corrected chi connectivity index (χ2v) is 3.14. The van der Waals surface area contributed by atoms with E-state index < -0.39 is 5.97 Å². The first-order chi connectivity index (χ1) is 8.27. The Hall–Kier alpha value is -1.59. The van der Waals surface area contributed by atoms with Gasteiger partial charge in [0.15, 0.2) is 0 Å². The van der Waals surface area contributed by atoms with E-state index >= 15 is 0 Å². The van der Waals surface area contributed by atoms with E-state index in [4.69, 9.17) is 9.90 Å². The fourth-order valence-corrected chi connectivity index (χ4v) is 0.563. The Bertz CT molecular complexity index is 221. The highest BCUT2D eigenvalue weighted by atomic mass is 16.5. The number of carbonyl (C=O) groups is 3. The molecule has 0 spiro atoms. The van der Waals surface area contributed by atoms with Crippen LogP contribution in [-0.2, 0) is 23.9 Å². The van der Waals surface area contributed by atoms with Crippen molar-refractivity contribution < 1.29 is 29.0 Å². The minimum Gasteiger partial charge on any atom is -0.481 e. The van der Waals surface area contributed by atoms with Gasteiger partial charge in [0.05, 0.1) is 13.2 Å². The van der Waals surface area contributed by atoms with Gasteiger partial charge in [-0.3, -0.25) is 14.4 Å². The monoisotopic (exact) mass is 264 g/mol. The van der Waals surface area contributed by atoms with Gasteiger partial charge in [-0.05, 0) is 13.3 Å². The maximum absolute atomic E-state index is 10.1. The SMILES string of the molecule is CC(=O)O.CCCCOC(C)=O.CCOC(C)=O. The molecular formula is C12H24O6. The molecule has 0 saturated carbocycles. The van der Waals surface area contributed by atoms with Crippen molar-refractivity contribution in [2.45, 2.75) is 47.5 Å². The van der Waals surface area contributed by atoms with E-state index in [2.05, 4.69) is 16.4 Å². The van der Waals surface area contributed by atoms with E-state index in [0.717, 1.165) is 19.8 Å². The molecule has 6 nitrogen and oxygen atoms in total. The number of rotatable bonds is 4. The minimum atomic E-state index is -0.833. The summed E-state index contributed by atoms with van der Waals surface area (Å²) in [7, 11) is 0. The zero-order valence-electron chi connectivity index (χ0n) is 11.8. The first kappa shape index (κ1) is 21.7. The van der Waals surface area contributed by atoms with Gasteiger partial charge < -0.3 is 14.6 Å². The van der Waals surface area contributed by atoms with Crippen LogP contribution in [0.3, 0.4) is 0 Å². The van der Waals surface area contributed by atoms with Gasteiger partial charge in [-0.15, -0.1) is 0 Å². The Balaban J connectivity index is -0.000000200. The first-order valence-electron chi connectivity index (χ1n) is 5.74. The van der Waals surface area contributed by atoms with Crippen molar-refractivity contribution in [3.8, 4) is 0 Å². The molecule has 0 rings (SSSR count). The molecule has 0 aliphatic carbocycles. The summed E-state index contributed by atoms with van der Waals surface area (Å²) >= 11 is 0. The van der Waals surface area contributed by atoms with Crippen LogP contribution in [0.25, 0.3) is 0 Å². The molecule has 108 valence electrons. The predicted octanol–water partition coefficient (Wildman–Crippen LogP) is 2.01. The van der Waals surface area contributed by atoms with Gasteiger partial charge in [-0.2, -0.15) is 0 Å². The van der Waals surface area contributed by atoms with E-state index in [0.29, 0.717) is 13.2 Å². The Morgan fingerprint density at radius 1 is 0.944 bits per heavy atom. The lowest BCUT2D eigenvalue weighted by Gasteiger charge is -1.96. The maximum atomic E-state index is 10.1. The van der Waals surface area contributed by atoms with Crippen LogP contribution >= 0.6 is 0 Å². The van der Waals surface area contributed by atoms with Crippen molar-refractivity contribution in [1.29, 1.82) is 0 Å². The number of carbonyl (C=O) groups excluding carboxylic acids is 2. The van der Waals surface area contributed by atoms with Crippen LogP contribution in [0.4, 0.5) is 0 Å². The molecular weight excluding hydrogens is 240 g/mol. The maximum Gasteiger partial charge on any atom is 0.302 e. The van der Waals surface area contributed by atoms with Gasteiger partial charge in [0.1, 0.15) is 0 Å². The van der Waals surface area contributed by atoms with Gasteiger partial charge in [-0.1, -0.05) is 13.3 Å². The first-order valence-corrected chi connectivity index (χ1v) is 5.74. The van der Waals surface area contributed by atoms with Crippen molar-refractivity contribution in [3.05, 3.63) is 0 Å². The van der Waals surface area contributed by atoms with Crippen LogP contribution in [0.15, 0.2) is 0 Å². The lowest BCUT2D eigenvalue weighted by atomic mass is 10.4. The van der Waals surface area contributed by atoms with E-state index in [1.165, 1.54) is 13.8 Å². The van der Waals surface area contributed by atoms with Crippen molar-refractivity contribution in [3.63, 3.8) is 0 Å². The lowest BCUT2D eigenvalue weighted by molar-refractivity contribution is -0.141. The molecule has 0 aromatic carbocycles. The van der Waals surface area contributed by atoms with Gasteiger partial charge in [0, 0.05) is 20.8 Å². The highest BCUT2D eigenvalue weighted by molar-refractivity contribution is 5.66. The Labute approximate surface area is 108 Å². The molecule has 0 bridgehead atoms. The van der Waals surface area contributed by atoms with Gasteiger partial charge in [0.25, 0.3) is 5.97 Å². The highest BCUT2D eigenvalue weighted by Gasteiger charge is 1.88. The second kappa shape index (κ2) is 17.8. The van der Waals surface area contributed by atoms with Gasteiger partial charge in [-0.25, -0.2) is 0 Å². The van der Waals surface area contributed by atoms with E-state index in [1.54, 1.807) is 6.92 Å². The third-order valence-electron chi connectivity index (χ3n) is 1.15. The molecule has 0 saturated heterocycles. The Kier molecular flexibility index (Phi) is 21.4. The molecule has 0 unspecified atom stereocenters. The summed E-state index contributed by atoms with van der Waals surface area (Å²) in [6.07, 6.45) is 2.05. The molecule has 0 atom stereocenters.